The van der Waals surface area contributed by atoms with E-state index in [1.165, 1.54) is 0 Å². The molecule has 1 N–H and O–H groups in total. The highest BCUT2D eigenvalue weighted by atomic mass is 16.6. The number of hydrogen-bond acceptors (Lipinski definition) is 5. The van der Waals surface area contributed by atoms with Gasteiger partial charge in [0.1, 0.15) is 18.0 Å². The van der Waals surface area contributed by atoms with E-state index in [0.717, 1.165) is 11.4 Å². The van der Waals surface area contributed by atoms with E-state index in [1.807, 2.05) is 53.7 Å². The predicted octanol–water partition coefficient (Wildman–Crippen LogP) is 2.78. The van der Waals surface area contributed by atoms with Crippen molar-refractivity contribution in [3.8, 4) is 5.75 Å². The number of amides is 2. The van der Waals surface area contributed by atoms with Gasteiger partial charge in [0.05, 0.1) is 11.2 Å². The molecule has 2 fully saturated rings. The Hall–Kier alpha value is -2.31. The lowest BCUT2D eigenvalue weighted by Gasteiger charge is -2.28. The van der Waals surface area contributed by atoms with E-state index in [4.69, 9.17) is 9.47 Å². The molecule has 1 aliphatic carbocycles. The van der Waals surface area contributed by atoms with Crippen molar-refractivity contribution in [1.29, 1.82) is 0 Å². The van der Waals surface area contributed by atoms with Crippen LogP contribution in [0.4, 0.5) is 4.79 Å². The van der Waals surface area contributed by atoms with Crippen LogP contribution in [0.3, 0.4) is 0 Å². The van der Waals surface area contributed by atoms with E-state index < -0.39 is 11.1 Å². The number of aryl methyl sites for hydroxylation is 1. The third-order valence-corrected chi connectivity index (χ3v) is 5.16. The average Bonchev–Trinajstić information content (AvgIpc) is 3.07. The first-order valence-corrected chi connectivity index (χ1v) is 9.81. The zero-order valence-corrected chi connectivity index (χ0v) is 17.6. The van der Waals surface area contributed by atoms with E-state index in [0.29, 0.717) is 19.7 Å². The van der Waals surface area contributed by atoms with Gasteiger partial charge in [-0.25, -0.2) is 4.79 Å². The molecule has 1 saturated heterocycles. The zero-order chi connectivity index (χ0) is 20.7. The molecule has 1 unspecified atom stereocenters. The van der Waals surface area contributed by atoms with E-state index in [9.17, 15) is 9.59 Å². The second kappa shape index (κ2) is 7.26. The molecule has 0 radical (unpaired) electrons. The quantitative estimate of drug-likeness (QED) is 0.838. The van der Waals surface area contributed by atoms with Gasteiger partial charge in [-0.05, 0) is 65.5 Å². The van der Waals surface area contributed by atoms with Gasteiger partial charge in [0.2, 0.25) is 5.91 Å². The van der Waals surface area contributed by atoms with Gasteiger partial charge >= 0.3 is 6.09 Å². The average molecular weight is 389 g/mol. The molecule has 2 heterocycles. The van der Waals surface area contributed by atoms with Crippen molar-refractivity contribution in [2.45, 2.75) is 52.7 Å². The molecule has 3 rings (SSSR count). The predicted molar refractivity (Wildman–Crippen MR) is 105 cm³/mol. The lowest BCUT2D eigenvalue weighted by Crippen LogP contribution is -2.49. The maximum absolute atomic E-state index is 12.7. The van der Waals surface area contributed by atoms with Gasteiger partial charge in [-0.3, -0.25) is 9.78 Å². The smallest absolute Gasteiger partial charge is 0.410 e. The Morgan fingerprint density at radius 3 is 2.43 bits per heavy atom. The minimum absolute atomic E-state index is 0.0295. The summed E-state index contributed by atoms with van der Waals surface area (Å²) in [6.45, 7) is 12.9. The first-order chi connectivity index (χ1) is 13.0. The third-order valence-electron chi connectivity index (χ3n) is 5.16. The van der Waals surface area contributed by atoms with Crippen LogP contribution in [0.25, 0.3) is 0 Å². The van der Waals surface area contributed by atoms with Crippen LogP contribution in [0, 0.1) is 24.7 Å². The number of likely N-dealkylation sites (tertiary alicyclic amines) is 1. The first kappa shape index (κ1) is 20.4. The fraction of sp³-hybridized carbons (Fsp3) is 0.667. The topological polar surface area (TPSA) is 80.8 Å². The van der Waals surface area contributed by atoms with E-state index in [-0.39, 0.29) is 29.8 Å². The molecule has 1 saturated carbocycles. The highest BCUT2D eigenvalue weighted by Gasteiger charge is 2.61. The fourth-order valence-electron chi connectivity index (χ4n) is 3.72. The van der Waals surface area contributed by atoms with Crippen molar-refractivity contribution < 1.29 is 19.1 Å². The number of carbonyl (C=O) groups is 2. The molecule has 7 nitrogen and oxygen atoms in total. The molecule has 2 amide bonds. The number of rotatable bonds is 5. The monoisotopic (exact) mass is 389 g/mol. The molecule has 1 aliphatic heterocycles. The van der Waals surface area contributed by atoms with Crippen LogP contribution < -0.4 is 10.1 Å². The number of fused-ring (bicyclic) bond motifs is 1. The molecule has 28 heavy (non-hydrogen) atoms. The van der Waals surface area contributed by atoms with Crippen molar-refractivity contribution in [3.63, 3.8) is 0 Å². The van der Waals surface area contributed by atoms with Gasteiger partial charge in [0, 0.05) is 25.2 Å². The van der Waals surface area contributed by atoms with Crippen LogP contribution in [0.15, 0.2) is 18.3 Å². The number of hydrogen-bond donors (Lipinski definition) is 1. The Kier molecular flexibility index (Phi) is 5.30. The summed E-state index contributed by atoms with van der Waals surface area (Å²) in [5.74, 6) is 1.18. The molecular formula is C21H31N3O4. The summed E-state index contributed by atoms with van der Waals surface area (Å²) >= 11 is 0. The maximum Gasteiger partial charge on any atom is 0.410 e. The molecule has 3 atom stereocenters. The second-order valence-electron chi connectivity index (χ2n) is 9.49. The summed E-state index contributed by atoms with van der Waals surface area (Å²) in [7, 11) is 0. The van der Waals surface area contributed by atoms with Crippen molar-refractivity contribution in [1.82, 2.24) is 15.2 Å². The second-order valence-corrected chi connectivity index (χ2v) is 9.49. The number of carbonyl (C=O) groups excluding carboxylic acids is 2. The standard InChI is InChI=1S/C21H31N3O4/c1-13-16(8-7-9-22-13)27-12-21(5,6)23-18(25)17-14-10-24(11-15(14)17)19(26)28-20(2,3)4/h7-9,14-15,17H,10-12H2,1-6H3,(H,23,25)/t14-,15+,17?. The normalized spacial score (nSPS) is 23.8. The van der Waals surface area contributed by atoms with Crippen molar-refractivity contribution in [3.05, 3.63) is 24.0 Å². The molecule has 1 aromatic heterocycles. The van der Waals surface area contributed by atoms with Crippen molar-refractivity contribution in [2.24, 2.45) is 17.8 Å². The van der Waals surface area contributed by atoms with Crippen LogP contribution in [0.5, 0.6) is 5.75 Å². The highest BCUT2D eigenvalue weighted by molar-refractivity contribution is 5.84. The molecular weight excluding hydrogens is 358 g/mol. The lowest BCUT2D eigenvalue weighted by atomic mass is 10.1. The molecule has 1 aromatic rings. The Balaban J connectivity index is 1.46. The summed E-state index contributed by atoms with van der Waals surface area (Å²) in [6, 6.07) is 3.70. The summed E-state index contributed by atoms with van der Waals surface area (Å²) in [6.07, 6.45) is 1.43. The van der Waals surface area contributed by atoms with Gasteiger partial charge in [-0.1, -0.05) is 0 Å². The molecule has 154 valence electrons. The number of pyridine rings is 1. The van der Waals surface area contributed by atoms with Crippen LogP contribution in [-0.4, -0.2) is 52.7 Å². The number of aromatic nitrogens is 1. The van der Waals surface area contributed by atoms with Crippen molar-refractivity contribution >= 4 is 12.0 Å². The van der Waals surface area contributed by atoms with Gasteiger partial charge < -0.3 is 19.7 Å². The minimum atomic E-state index is -0.503. The summed E-state index contributed by atoms with van der Waals surface area (Å²) < 4.78 is 11.3. The van der Waals surface area contributed by atoms with Crippen LogP contribution >= 0.6 is 0 Å². The summed E-state index contributed by atoms with van der Waals surface area (Å²) in [5, 5.41) is 3.10. The Bertz CT molecular complexity index is 744. The minimum Gasteiger partial charge on any atom is -0.489 e. The van der Waals surface area contributed by atoms with E-state index in [2.05, 4.69) is 10.3 Å². The number of piperidine rings is 1. The Morgan fingerprint density at radius 1 is 1.21 bits per heavy atom. The highest BCUT2D eigenvalue weighted by Crippen LogP contribution is 2.52. The van der Waals surface area contributed by atoms with Gasteiger partial charge in [-0.2, -0.15) is 0 Å². The summed E-state index contributed by atoms with van der Waals surface area (Å²) in [4.78, 5) is 30.8. The fourth-order valence-corrected chi connectivity index (χ4v) is 3.72. The first-order valence-electron chi connectivity index (χ1n) is 9.81. The Labute approximate surface area is 166 Å². The number of ether oxygens (including phenoxy) is 2. The molecule has 7 heteroatoms. The van der Waals surface area contributed by atoms with Gasteiger partial charge in [0.15, 0.2) is 0 Å². The van der Waals surface area contributed by atoms with E-state index in [1.54, 1.807) is 11.1 Å². The summed E-state index contributed by atoms with van der Waals surface area (Å²) in [5.41, 5.74) is -0.179. The Morgan fingerprint density at radius 2 is 1.86 bits per heavy atom. The third kappa shape index (κ3) is 4.75. The van der Waals surface area contributed by atoms with Gasteiger partial charge in [0.25, 0.3) is 0 Å². The molecule has 0 spiro atoms. The van der Waals surface area contributed by atoms with Gasteiger partial charge in [-0.15, -0.1) is 0 Å². The molecule has 2 aliphatic rings. The van der Waals surface area contributed by atoms with E-state index >= 15 is 0 Å². The number of nitrogens with zero attached hydrogens (tertiary/aromatic N) is 2. The van der Waals surface area contributed by atoms with Crippen LogP contribution in [0.2, 0.25) is 0 Å². The number of nitrogens with one attached hydrogen (secondary N) is 1. The molecule has 0 bridgehead atoms. The SMILES string of the molecule is Cc1ncccc1OCC(C)(C)NC(=O)C1[C@H]2CN(C(=O)OC(C)(C)C)C[C@@H]12. The lowest BCUT2D eigenvalue weighted by molar-refractivity contribution is -0.125. The molecule has 0 aromatic carbocycles. The zero-order valence-electron chi connectivity index (χ0n) is 17.6. The maximum atomic E-state index is 12.7. The largest absolute Gasteiger partial charge is 0.489 e. The van der Waals surface area contributed by atoms with Crippen molar-refractivity contribution in [2.75, 3.05) is 19.7 Å². The van der Waals surface area contributed by atoms with Crippen LogP contribution in [-0.2, 0) is 9.53 Å². The van der Waals surface area contributed by atoms with Crippen LogP contribution in [0.1, 0.15) is 40.3 Å².